The predicted molar refractivity (Wildman–Crippen MR) is 73.9 cm³/mol. The van der Waals surface area contributed by atoms with Crippen LogP contribution in [0.4, 0.5) is 0 Å². The van der Waals surface area contributed by atoms with Gasteiger partial charge in [0.15, 0.2) is 5.84 Å². The summed E-state index contributed by atoms with van der Waals surface area (Å²) in [6.45, 7) is 4.90. The number of hydrogen-bond acceptors (Lipinski definition) is 4. The van der Waals surface area contributed by atoms with Crippen LogP contribution in [0.2, 0.25) is 0 Å². The van der Waals surface area contributed by atoms with Gasteiger partial charge in [0, 0.05) is 18.7 Å². The first-order valence-corrected chi connectivity index (χ1v) is 6.16. The normalized spacial score (nSPS) is 13.1. The number of hydrogen-bond donors (Lipinski definition) is 4. The largest absolute Gasteiger partial charge is 0.409 e. The molecule has 0 aliphatic carbocycles. The molecule has 0 heterocycles. The Balaban J connectivity index is 2.52. The number of amides is 1. The molecule has 6 heteroatoms. The van der Waals surface area contributed by atoms with Gasteiger partial charge in [-0.3, -0.25) is 4.79 Å². The van der Waals surface area contributed by atoms with Gasteiger partial charge in [-0.2, -0.15) is 0 Å². The number of likely N-dealkylation sites (N-methyl/N-ethyl adjacent to an activating group) is 1. The Morgan fingerprint density at radius 2 is 2.05 bits per heavy atom. The van der Waals surface area contributed by atoms with Crippen LogP contribution in [0, 0.1) is 0 Å². The van der Waals surface area contributed by atoms with E-state index < -0.39 is 0 Å². The fraction of sp³-hybridized carbons (Fsp3) is 0.385. The second kappa shape index (κ2) is 7.38. The predicted octanol–water partition coefficient (Wildman–Crippen LogP) is 0.395. The van der Waals surface area contributed by atoms with Crippen molar-refractivity contribution >= 4 is 11.7 Å². The summed E-state index contributed by atoms with van der Waals surface area (Å²) in [7, 11) is 0. The molecule has 1 aromatic rings. The van der Waals surface area contributed by atoms with E-state index in [0.29, 0.717) is 18.7 Å². The summed E-state index contributed by atoms with van der Waals surface area (Å²) >= 11 is 0. The summed E-state index contributed by atoms with van der Waals surface area (Å²) in [5.41, 5.74) is 7.15. The van der Waals surface area contributed by atoms with Crippen molar-refractivity contribution < 1.29 is 10.0 Å². The molecular weight excluding hydrogens is 244 g/mol. The van der Waals surface area contributed by atoms with Gasteiger partial charge in [-0.1, -0.05) is 29.4 Å². The smallest absolute Gasteiger partial charge is 0.236 e. The van der Waals surface area contributed by atoms with Gasteiger partial charge in [-0.05, 0) is 19.4 Å². The van der Waals surface area contributed by atoms with Gasteiger partial charge in [-0.15, -0.1) is 0 Å². The zero-order chi connectivity index (χ0) is 14.3. The molecule has 19 heavy (non-hydrogen) atoms. The van der Waals surface area contributed by atoms with Gasteiger partial charge >= 0.3 is 0 Å². The van der Waals surface area contributed by atoms with Gasteiger partial charge < -0.3 is 21.6 Å². The molecule has 0 aliphatic rings. The Morgan fingerprint density at radius 1 is 1.42 bits per heavy atom. The lowest BCUT2D eigenvalue weighted by atomic mass is 10.1. The van der Waals surface area contributed by atoms with Gasteiger partial charge in [0.1, 0.15) is 0 Å². The average molecular weight is 264 g/mol. The van der Waals surface area contributed by atoms with Crippen LogP contribution in [0.15, 0.2) is 29.4 Å². The van der Waals surface area contributed by atoms with Crippen LogP contribution in [0.5, 0.6) is 0 Å². The molecule has 5 N–H and O–H groups in total. The maximum Gasteiger partial charge on any atom is 0.236 e. The molecule has 0 radical (unpaired) electrons. The second-order valence-electron chi connectivity index (χ2n) is 4.18. The minimum absolute atomic E-state index is 0.0178. The molecule has 0 saturated heterocycles. The maximum absolute atomic E-state index is 11.5. The number of nitrogens with zero attached hydrogens (tertiary/aromatic N) is 1. The summed E-state index contributed by atoms with van der Waals surface area (Å²) in [5, 5.41) is 17.4. The van der Waals surface area contributed by atoms with Crippen LogP contribution >= 0.6 is 0 Å². The first kappa shape index (κ1) is 15.0. The van der Waals surface area contributed by atoms with Crippen molar-refractivity contribution in [1.82, 2.24) is 10.6 Å². The zero-order valence-electron chi connectivity index (χ0n) is 11.2. The molecule has 0 saturated carbocycles. The van der Waals surface area contributed by atoms with E-state index >= 15 is 0 Å². The third-order valence-corrected chi connectivity index (χ3v) is 2.71. The minimum atomic E-state index is -0.247. The van der Waals surface area contributed by atoms with Crippen molar-refractivity contribution in [2.24, 2.45) is 10.9 Å². The first-order valence-electron chi connectivity index (χ1n) is 6.16. The maximum atomic E-state index is 11.5. The molecule has 0 fully saturated rings. The number of benzene rings is 1. The van der Waals surface area contributed by atoms with Crippen LogP contribution in [0.25, 0.3) is 0 Å². The monoisotopic (exact) mass is 264 g/mol. The third-order valence-electron chi connectivity index (χ3n) is 2.71. The Hall–Kier alpha value is -2.08. The first-order chi connectivity index (χ1) is 9.08. The Morgan fingerprint density at radius 3 is 2.58 bits per heavy atom. The van der Waals surface area contributed by atoms with Crippen LogP contribution in [-0.2, 0) is 11.3 Å². The van der Waals surface area contributed by atoms with Crippen molar-refractivity contribution in [2.75, 3.05) is 6.54 Å². The fourth-order valence-corrected chi connectivity index (χ4v) is 1.54. The molecule has 1 atom stereocenters. The highest BCUT2D eigenvalue weighted by molar-refractivity contribution is 5.96. The molecule has 104 valence electrons. The number of rotatable bonds is 6. The van der Waals surface area contributed by atoms with E-state index in [1.807, 2.05) is 26.0 Å². The summed E-state index contributed by atoms with van der Waals surface area (Å²) in [4.78, 5) is 11.5. The molecule has 1 aromatic carbocycles. The van der Waals surface area contributed by atoms with E-state index in [1.54, 1.807) is 12.1 Å². The van der Waals surface area contributed by atoms with Crippen molar-refractivity contribution in [3.05, 3.63) is 35.4 Å². The highest BCUT2D eigenvalue weighted by Crippen LogP contribution is 2.04. The molecule has 1 unspecified atom stereocenters. The fourth-order valence-electron chi connectivity index (χ4n) is 1.54. The van der Waals surface area contributed by atoms with Gasteiger partial charge in [0.2, 0.25) is 5.91 Å². The number of carbonyl (C=O) groups excluding carboxylic acids is 1. The van der Waals surface area contributed by atoms with Gasteiger partial charge in [0.25, 0.3) is 0 Å². The molecule has 0 aliphatic heterocycles. The van der Waals surface area contributed by atoms with E-state index in [2.05, 4.69) is 15.8 Å². The van der Waals surface area contributed by atoms with E-state index in [1.165, 1.54) is 0 Å². The highest BCUT2D eigenvalue weighted by atomic mass is 16.4. The number of carbonyl (C=O) groups is 1. The number of nitrogens with two attached hydrogens (primary N) is 1. The van der Waals surface area contributed by atoms with E-state index in [9.17, 15) is 4.79 Å². The van der Waals surface area contributed by atoms with Crippen molar-refractivity contribution in [1.29, 1.82) is 0 Å². The third kappa shape index (κ3) is 4.59. The average Bonchev–Trinajstić information content (AvgIpc) is 2.44. The summed E-state index contributed by atoms with van der Waals surface area (Å²) in [6, 6.07) is 7.02. The lowest BCUT2D eigenvalue weighted by molar-refractivity contribution is -0.122. The number of oxime groups is 1. The number of amidine groups is 1. The summed E-state index contributed by atoms with van der Waals surface area (Å²) in [6.07, 6.45) is 0. The SMILES string of the molecule is CCNC(=O)C(C)NCc1ccc(C(N)=NO)cc1. The van der Waals surface area contributed by atoms with Crippen molar-refractivity contribution in [3.8, 4) is 0 Å². The van der Waals surface area contributed by atoms with Gasteiger partial charge in [-0.25, -0.2) is 0 Å². The molecule has 6 nitrogen and oxygen atoms in total. The topological polar surface area (TPSA) is 99.7 Å². The van der Waals surface area contributed by atoms with Crippen LogP contribution in [0.3, 0.4) is 0 Å². The van der Waals surface area contributed by atoms with Crippen LogP contribution < -0.4 is 16.4 Å². The standard InChI is InChI=1S/C13H20N4O2/c1-3-15-13(18)9(2)16-8-10-4-6-11(7-5-10)12(14)17-19/h4-7,9,16,19H,3,8H2,1-2H3,(H2,14,17)(H,15,18). The van der Waals surface area contributed by atoms with Gasteiger partial charge in [0.05, 0.1) is 6.04 Å². The van der Waals surface area contributed by atoms with Crippen molar-refractivity contribution in [2.45, 2.75) is 26.4 Å². The van der Waals surface area contributed by atoms with Crippen molar-refractivity contribution in [3.63, 3.8) is 0 Å². The van der Waals surface area contributed by atoms with E-state index in [-0.39, 0.29) is 17.8 Å². The Kier molecular flexibility index (Phi) is 5.81. The number of nitrogens with one attached hydrogen (secondary N) is 2. The van der Waals surface area contributed by atoms with E-state index in [0.717, 1.165) is 5.56 Å². The van der Waals surface area contributed by atoms with Crippen LogP contribution in [-0.4, -0.2) is 29.5 Å². The molecule has 0 bridgehead atoms. The summed E-state index contributed by atoms with van der Waals surface area (Å²) < 4.78 is 0. The zero-order valence-corrected chi connectivity index (χ0v) is 11.2. The molecule has 1 amide bonds. The minimum Gasteiger partial charge on any atom is -0.409 e. The summed E-state index contributed by atoms with van der Waals surface area (Å²) in [5.74, 6) is 0.0611. The highest BCUT2D eigenvalue weighted by Gasteiger charge is 2.10. The quantitative estimate of drug-likeness (QED) is 0.258. The molecular formula is C13H20N4O2. The lowest BCUT2D eigenvalue weighted by Gasteiger charge is -2.13. The Labute approximate surface area is 112 Å². The Bertz CT molecular complexity index is 442. The lowest BCUT2D eigenvalue weighted by Crippen LogP contribution is -2.41. The van der Waals surface area contributed by atoms with Crippen LogP contribution in [0.1, 0.15) is 25.0 Å². The molecule has 1 rings (SSSR count). The second-order valence-corrected chi connectivity index (χ2v) is 4.18. The van der Waals surface area contributed by atoms with E-state index in [4.69, 9.17) is 10.9 Å². The molecule has 0 aromatic heterocycles. The molecule has 0 spiro atoms.